The number of para-hydroxylation sites is 1. The molecule has 0 saturated carbocycles. The van der Waals surface area contributed by atoms with Crippen molar-refractivity contribution in [3.8, 4) is 0 Å². The number of benzene rings is 3. The first-order valence-electron chi connectivity index (χ1n) is 12.6. The highest BCUT2D eigenvalue weighted by molar-refractivity contribution is 6.20. The molecule has 0 radical (unpaired) electrons. The predicted octanol–water partition coefficient (Wildman–Crippen LogP) is 6.68. The van der Waals surface area contributed by atoms with Crippen molar-refractivity contribution < 1.29 is 19.1 Å². The Bertz CT molecular complexity index is 1490. The van der Waals surface area contributed by atoms with Gasteiger partial charge in [-0.2, -0.15) is 0 Å². The number of aliphatic hydroxyl groups excluding tert-OH is 1. The third-order valence-corrected chi connectivity index (χ3v) is 7.06. The van der Waals surface area contributed by atoms with Crippen molar-refractivity contribution in [1.82, 2.24) is 0 Å². The molecule has 1 amide bonds. The number of amides is 1. The fourth-order valence-corrected chi connectivity index (χ4v) is 5.06. The van der Waals surface area contributed by atoms with Crippen LogP contribution >= 0.6 is 0 Å². The number of fused-ring (bicyclic) bond motifs is 1. The standard InChI is InChI=1S/C31H30N2O4/c1-5-32(6-2)23-15-13-21(14-16-23)28-27(29(34)26-18-22-9-7-8-10-25(22)37-26)30(35)31(36)33(28)24-17-19(3)11-12-20(24)4/h7-18,28,35H,5-6H2,1-4H3. The summed E-state index contributed by atoms with van der Waals surface area (Å²) in [6.07, 6.45) is 0. The maximum atomic E-state index is 13.9. The second kappa shape index (κ2) is 9.62. The zero-order valence-corrected chi connectivity index (χ0v) is 21.5. The van der Waals surface area contributed by atoms with Crippen LogP contribution in [0.25, 0.3) is 11.0 Å². The van der Waals surface area contributed by atoms with Gasteiger partial charge in [0.1, 0.15) is 5.58 Å². The molecule has 1 aromatic heterocycles. The van der Waals surface area contributed by atoms with Crippen LogP contribution in [0.3, 0.4) is 0 Å². The quantitative estimate of drug-likeness (QED) is 0.290. The Balaban J connectivity index is 1.66. The predicted molar refractivity (Wildman–Crippen MR) is 146 cm³/mol. The van der Waals surface area contributed by atoms with Gasteiger partial charge in [-0.1, -0.05) is 42.5 Å². The summed E-state index contributed by atoms with van der Waals surface area (Å²) in [4.78, 5) is 31.2. The SMILES string of the molecule is CCN(CC)c1ccc(C2C(C(=O)c3cc4ccccc4o3)=C(O)C(=O)N2c2cc(C)ccc2C)cc1. The van der Waals surface area contributed by atoms with Crippen molar-refractivity contribution in [2.45, 2.75) is 33.7 Å². The average Bonchev–Trinajstić information content (AvgIpc) is 3.45. The molecule has 6 heteroatoms. The van der Waals surface area contributed by atoms with Gasteiger partial charge in [-0.25, -0.2) is 0 Å². The molecule has 1 unspecified atom stereocenters. The van der Waals surface area contributed by atoms with Crippen molar-refractivity contribution in [3.63, 3.8) is 0 Å². The van der Waals surface area contributed by atoms with Crippen LogP contribution in [0.1, 0.15) is 47.1 Å². The third kappa shape index (κ3) is 4.18. The first kappa shape index (κ1) is 24.4. The highest BCUT2D eigenvalue weighted by atomic mass is 16.3. The van der Waals surface area contributed by atoms with E-state index in [2.05, 4.69) is 18.7 Å². The lowest BCUT2D eigenvalue weighted by molar-refractivity contribution is -0.117. The van der Waals surface area contributed by atoms with E-state index in [-0.39, 0.29) is 11.3 Å². The number of ketones is 1. The van der Waals surface area contributed by atoms with Gasteiger partial charge in [-0.3, -0.25) is 14.5 Å². The number of hydrogen-bond donors (Lipinski definition) is 1. The first-order chi connectivity index (χ1) is 17.8. The number of Topliss-reactive ketones (excluding diaryl/α,β-unsaturated/α-hetero) is 1. The van der Waals surface area contributed by atoms with Crippen LogP contribution in [-0.2, 0) is 4.79 Å². The summed E-state index contributed by atoms with van der Waals surface area (Å²) in [6.45, 7) is 9.79. The molecule has 1 aliphatic rings. The lowest BCUT2D eigenvalue weighted by Crippen LogP contribution is -2.31. The molecule has 0 saturated heterocycles. The van der Waals surface area contributed by atoms with E-state index in [0.717, 1.165) is 40.9 Å². The van der Waals surface area contributed by atoms with E-state index in [4.69, 9.17) is 4.42 Å². The topological polar surface area (TPSA) is 74.0 Å². The monoisotopic (exact) mass is 494 g/mol. The number of aliphatic hydroxyl groups is 1. The van der Waals surface area contributed by atoms with Crippen molar-refractivity contribution in [2.24, 2.45) is 0 Å². The van der Waals surface area contributed by atoms with Gasteiger partial charge in [-0.05, 0) is 74.7 Å². The molecule has 1 N–H and O–H groups in total. The molecule has 0 aliphatic carbocycles. The summed E-state index contributed by atoms with van der Waals surface area (Å²) < 4.78 is 5.84. The van der Waals surface area contributed by atoms with Gasteiger partial charge in [0.15, 0.2) is 11.5 Å². The molecule has 0 bridgehead atoms. The largest absolute Gasteiger partial charge is 0.503 e. The van der Waals surface area contributed by atoms with Gasteiger partial charge in [0.25, 0.3) is 5.91 Å². The van der Waals surface area contributed by atoms with E-state index >= 15 is 0 Å². The maximum absolute atomic E-state index is 13.9. The van der Waals surface area contributed by atoms with Crippen LogP contribution in [0, 0.1) is 13.8 Å². The minimum absolute atomic E-state index is 0.0144. The Hall–Kier alpha value is -4.32. The molecule has 3 aromatic carbocycles. The fourth-order valence-electron chi connectivity index (χ4n) is 5.06. The molecule has 0 fully saturated rings. The Morgan fingerprint density at radius 2 is 1.68 bits per heavy atom. The molecule has 0 spiro atoms. The van der Waals surface area contributed by atoms with E-state index in [9.17, 15) is 14.7 Å². The van der Waals surface area contributed by atoms with Crippen LogP contribution in [-0.4, -0.2) is 29.9 Å². The second-order valence-corrected chi connectivity index (χ2v) is 9.37. The van der Waals surface area contributed by atoms with Gasteiger partial charge in [0.05, 0.1) is 11.6 Å². The zero-order valence-electron chi connectivity index (χ0n) is 21.5. The minimum atomic E-state index is -0.806. The smallest absolute Gasteiger partial charge is 0.294 e. The van der Waals surface area contributed by atoms with Crippen molar-refractivity contribution >= 4 is 34.0 Å². The summed E-state index contributed by atoms with van der Waals surface area (Å²) in [5, 5.41) is 11.9. The van der Waals surface area contributed by atoms with E-state index in [1.807, 2.05) is 74.5 Å². The van der Waals surface area contributed by atoms with Crippen molar-refractivity contribution in [3.05, 3.63) is 107 Å². The highest BCUT2D eigenvalue weighted by Crippen LogP contribution is 2.43. The summed E-state index contributed by atoms with van der Waals surface area (Å²) in [5.74, 6) is -1.58. The minimum Gasteiger partial charge on any atom is -0.503 e. The van der Waals surface area contributed by atoms with Crippen LogP contribution in [0.5, 0.6) is 0 Å². The summed E-state index contributed by atoms with van der Waals surface area (Å²) in [6, 6.07) is 21.8. The van der Waals surface area contributed by atoms with Gasteiger partial charge in [0, 0.05) is 29.9 Å². The van der Waals surface area contributed by atoms with E-state index in [1.54, 1.807) is 12.1 Å². The number of carbonyl (C=O) groups excluding carboxylic acids is 2. The highest BCUT2D eigenvalue weighted by Gasteiger charge is 2.45. The lowest BCUT2D eigenvalue weighted by Gasteiger charge is -2.29. The Morgan fingerprint density at radius 3 is 2.35 bits per heavy atom. The molecule has 2 heterocycles. The third-order valence-electron chi connectivity index (χ3n) is 7.06. The number of carbonyl (C=O) groups is 2. The zero-order chi connectivity index (χ0) is 26.3. The van der Waals surface area contributed by atoms with E-state index in [1.165, 1.54) is 4.90 Å². The van der Waals surface area contributed by atoms with Crippen LogP contribution in [0.2, 0.25) is 0 Å². The van der Waals surface area contributed by atoms with Gasteiger partial charge in [-0.15, -0.1) is 0 Å². The van der Waals surface area contributed by atoms with Crippen LogP contribution < -0.4 is 9.80 Å². The van der Waals surface area contributed by atoms with Crippen LogP contribution in [0.15, 0.2) is 88.5 Å². The number of furan rings is 1. The summed E-state index contributed by atoms with van der Waals surface area (Å²) in [5.41, 5.74) is 4.86. The average molecular weight is 495 g/mol. The maximum Gasteiger partial charge on any atom is 0.294 e. The van der Waals surface area contributed by atoms with Gasteiger partial charge < -0.3 is 14.4 Å². The van der Waals surface area contributed by atoms with E-state index < -0.39 is 23.5 Å². The molecule has 1 atom stereocenters. The van der Waals surface area contributed by atoms with Crippen molar-refractivity contribution in [2.75, 3.05) is 22.9 Å². The van der Waals surface area contributed by atoms with Crippen molar-refractivity contribution in [1.29, 1.82) is 0 Å². The molecule has 5 rings (SSSR count). The summed E-state index contributed by atoms with van der Waals surface area (Å²) >= 11 is 0. The first-order valence-corrected chi connectivity index (χ1v) is 12.6. The number of aryl methyl sites for hydroxylation is 2. The normalized spacial score (nSPS) is 15.6. The number of rotatable bonds is 7. The number of hydrogen-bond acceptors (Lipinski definition) is 5. The Morgan fingerprint density at radius 1 is 0.973 bits per heavy atom. The Kier molecular flexibility index (Phi) is 6.34. The Labute approximate surface area is 216 Å². The molecule has 6 nitrogen and oxygen atoms in total. The molecule has 188 valence electrons. The molecule has 37 heavy (non-hydrogen) atoms. The van der Waals surface area contributed by atoms with Crippen LogP contribution in [0.4, 0.5) is 11.4 Å². The molecule has 4 aromatic rings. The van der Waals surface area contributed by atoms with Gasteiger partial charge >= 0.3 is 0 Å². The second-order valence-electron chi connectivity index (χ2n) is 9.37. The van der Waals surface area contributed by atoms with E-state index in [0.29, 0.717) is 11.3 Å². The molecular formula is C31H30N2O4. The van der Waals surface area contributed by atoms with Gasteiger partial charge in [0.2, 0.25) is 5.78 Å². The molecular weight excluding hydrogens is 464 g/mol. The number of anilines is 2. The molecule has 1 aliphatic heterocycles. The summed E-state index contributed by atoms with van der Waals surface area (Å²) in [7, 11) is 0. The fraction of sp³-hybridized carbons (Fsp3) is 0.226. The number of nitrogens with zero attached hydrogens (tertiary/aromatic N) is 2. The lowest BCUT2D eigenvalue weighted by atomic mass is 9.94.